The summed E-state index contributed by atoms with van der Waals surface area (Å²) in [5.74, 6) is 1.08. The first-order chi connectivity index (χ1) is 12.2. The highest BCUT2D eigenvalue weighted by atomic mass is 35.5. The van der Waals surface area contributed by atoms with Crippen LogP contribution >= 0.6 is 11.6 Å². The lowest BCUT2D eigenvalue weighted by atomic mass is 10.2. The fourth-order valence-corrected chi connectivity index (χ4v) is 3.08. The minimum absolute atomic E-state index is 0.303. The first-order valence-corrected chi connectivity index (χ1v) is 9.62. The molecule has 1 aromatic rings. The SMILES string of the molecule is CCNC(=NCc1ccccc1Cl)NCCCN1CCCCCC1=O. The summed E-state index contributed by atoms with van der Waals surface area (Å²) < 4.78 is 0. The number of carbonyl (C=O) groups excluding carboxylic acids is 1. The van der Waals surface area contributed by atoms with Crippen molar-refractivity contribution in [2.75, 3.05) is 26.2 Å². The van der Waals surface area contributed by atoms with Gasteiger partial charge in [0, 0.05) is 37.6 Å². The average Bonchev–Trinajstić information content (AvgIpc) is 2.82. The van der Waals surface area contributed by atoms with Crippen LogP contribution in [0.1, 0.15) is 44.6 Å². The lowest BCUT2D eigenvalue weighted by Gasteiger charge is -2.20. The topological polar surface area (TPSA) is 56.7 Å². The van der Waals surface area contributed by atoms with Gasteiger partial charge in [0.1, 0.15) is 0 Å². The summed E-state index contributed by atoms with van der Waals surface area (Å²) >= 11 is 6.18. The van der Waals surface area contributed by atoms with Crippen LogP contribution in [0.25, 0.3) is 0 Å². The van der Waals surface area contributed by atoms with Gasteiger partial charge in [-0.15, -0.1) is 0 Å². The molecule has 1 fully saturated rings. The molecule has 0 aliphatic carbocycles. The van der Waals surface area contributed by atoms with Gasteiger partial charge in [0.25, 0.3) is 0 Å². The van der Waals surface area contributed by atoms with E-state index >= 15 is 0 Å². The van der Waals surface area contributed by atoms with E-state index in [1.165, 1.54) is 6.42 Å². The van der Waals surface area contributed by atoms with Gasteiger partial charge in [0.2, 0.25) is 5.91 Å². The Kier molecular flexibility index (Phi) is 8.60. The van der Waals surface area contributed by atoms with Crippen molar-refractivity contribution in [1.82, 2.24) is 15.5 Å². The second kappa shape index (κ2) is 11.0. The average molecular weight is 365 g/mol. The van der Waals surface area contributed by atoms with Gasteiger partial charge >= 0.3 is 0 Å². The van der Waals surface area contributed by atoms with Crippen LogP contribution in [0.15, 0.2) is 29.3 Å². The number of nitrogens with zero attached hydrogens (tertiary/aromatic N) is 2. The van der Waals surface area contributed by atoms with Gasteiger partial charge in [0.15, 0.2) is 5.96 Å². The smallest absolute Gasteiger partial charge is 0.222 e. The number of hydrogen-bond acceptors (Lipinski definition) is 2. The maximum absolute atomic E-state index is 12.0. The van der Waals surface area contributed by atoms with E-state index < -0.39 is 0 Å². The Bertz CT molecular complexity index is 576. The van der Waals surface area contributed by atoms with Gasteiger partial charge < -0.3 is 15.5 Å². The van der Waals surface area contributed by atoms with Gasteiger partial charge in [-0.1, -0.05) is 36.2 Å². The molecule has 0 saturated carbocycles. The van der Waals surface area contributed by atoms with Gasteiger partial charge in [-0.05, 0) is 37.8 Å². The molecule has 0 aromatic heterocycles. The highest BCUT2D eigenvalue weighted by Crippen LogP contribution is 2.15. The zero-order valence-corrected chi connectivity index (χ0v) is 15.8. The quantitative estimate of drug-likeness (QED) is 0.444. The molecule has 1 aliphatic heterocycles. The normalized spacial score (nSPS) is 15.8. The fourth-order valence-electron chi connectivity index (χ4n) is 2.88. The lowest BCUT2D eigenvalue weighted by molar-refractivity contribution is -0.130. The van der Waals surface area contributed by atoms with E-state index in [1.54, 1.807) is 0 Å². The summed E-state index contributed by atoms with van der Waals surface area (Å²) in [6.45, 7) is 5.90. The Balaban J connectivity index is 1.78. The largest absolute Gasteiger partial charge is 0.357 e. The molecule has 6 heteroatoms. The van der Waals surface area contributed by atoms with Crippen molar-refractivity contribution in [3.8, 4) is 0 Å². The molecule has 1 aromatic carbocycles. The lowest BCUT2D eigenvalue weighted by Crippen LogP contribution is -2.39. The molecule has 1 aliphatic rings. The van der Waals surface area contributed by atoms with Gasteiger partial charge in [-0.25, -0.2) is 4.99 Å². The van der Waals surface area contributed by atoms with Crippen molar-refractivity contribution >= 4 is 23.5 Å². The predicted molar refractivity (Wildman–Crippen MR) is 104 cm³/mol. The van der Waals surface area contributed by atoms with Crippen LogP contribution in [0.4, 0.5) is 0 Å². The standard InChI is InChI=1S/C19H29ClN4O/c1-2-21-19(23-15-16-9-5-6-10-17(16)20)22-12-8-14-24-13-7-3-4-11-18(24)25/h5-6,9-10H,2-4,7-8,11-15H2,1H3,(H2,21,22,23). The molecule has 0 spiro atoms. The maximum atomic E-state index is 12.0. The van der Waals surface area contributed by atoms with Crippen LogP contribution in [-0.4, -0.2) is 42.9 Å². The van der Waals surface area contributed by atoms with E-state index in [-0.39, 0.29) is 0 Å². The Morgan fingerprint density at radius 2 is 2.08 bits per heavy atom. The van der Waals surface area contributed by atoms with E-state index in [2.05, 4.69) is 15.6 Å². The fraction of sp³-hybridized carbons (Fsp3) is 0.579. The van der Waals surface area contributed by atoms with Crippen molar-refractivity contribution in [2.24, 2.45) is 4.99 Å². The zero-order valence-electron chi connectivity index (χ0n) is 15.1. The number of benzene rings is 1. The second-order valence-corrected chi connectivity index (χ2v) is 6.67. The summed E-state index contributed by atoms with van der Waals surface area (Å²) in [7, 11) is 0. The minimum Gasteiger partial charge on any atom is -0.357 e. The molecular formula is C19H29ClN4O. The van der Waals surface area contributed by atoms with Crippen molar-refractivity contribution in [3.63, 3.8) is 0 Å². The molecular weight excluding hydrogens is 336 g/mol. The number of guanidine groups is 1. The number of rotatable bonds is 7. The Labute approximate surface area is 155 Å². The van der Waals surface area contributed by atoms with E-state index in [1.807, 2.05) is 36.1 Å². The molecule has 25 heavy (non-hydrogen) atoms. The van der Waals surface area contributed by atoms with Crippen LogP contribution in [0, 0.1) is 0 Å². The van der Waals surface area contributed by atoms with Gasteiger partial charge in [0.05, 0.1) is 6.54 Å². The third-order valence-electron chi connectivity index (χ3n) is 4.28. The van der Waals surface area contributed by atoms with Crippen LogP contribution in [0.3, 0.4) is 0 Å². The number of amides is 1. The molecule has 1 heterocycles. The van der Waals surface area contributed by atoms with E-state index in [0.717, 1.165) is 62.0 Å². The van der Waals surface area contributed by atoms with E-state index in [9.17, 15) is 4.79 Å². The van der Waals surface area contributed by atoms with Crippen molar-refractivity contribution in [1.29, 1.82) is 0 Å². The number of aliphatic imine (C=N–C) groups is 1. The molecule has 0 unspecified atom stereocenters. The molecule has 5 nitrogen and oxygen atoms in total. The number of carbonyl (C=O) groups is 1. The summed E-state index contributed by atoms with van der Waals surface area (Å²) in [5, 5.41) is 7.32. The number of nitrogens with one attached hydrogen (secondary N) is 2. The molecule has 2 N–H and O–H groups in total. The van der Waals surface area contributed by atoms with Gasteiger partial charge in [-0.2, -0.15) is 0 Å². The summed E-state index contributed by atoms with van der Waals surface area (Å²) in [4.78, 5) is 18.6. The Morgan fingerprint density at radius 1 is 1.24 bits per heavy atom. The monoisotopic (exact) mass is 364 g/mol. The number of hydrogen-bond donors (Lipinski definition) is 2. The van der Waals surface area contributed by atoms with Crippen LogP contribution in [0.5, 0.6) is 0 Å². The van der Waals surface area contributed by atoms with Crippen LogP contribution < -0.4 is 10.6 Å². The van der Waals surface area contributed by atoms with Crippen molar-refractivity contribution in [3.05, 3.63) is 34.9 Å². The highest BCUT2D eigenvalue weighted by molar-refractivity contribution is 6.31. The molecule has 2 rings (SSSR count). The Hall–Kier alpha value is -1.75. The molecule has 138 valence electrons. The molecule has 0 atom stereocenters. The summed E-state index contributed by atoms with van der Waals surface area (Å²) in [5.41, 5.74) is 1.01. The molecule has 1 amide bonds. The first kappa shape index (κ1) is 19.6. The zero-order chi connectivity index (χ0) is 17.9. The molecule has 1 saturated heterocycles. The third-order valence-corrected chi connectivity index (χ3v) is 4.65. The van der Waals surface area contributed by atoms with E-state index in [0.29, 0.717) is 18.9 Å². The summed E-state index contributed by atoms with van der Waals surface area (Å²) in [6.07, 6.45) is 4.95. The number of likely N-dealkylation sites (tertiary alicyclic amines) is 1. The molecule has 0 radical (unpaired) electrons. The predicted octanol–water partition coefficient (Wildman–Crippen LogP) is 3.19. The second-order valence-electron chi connectivity index (χ2n) is 6.26. The Morgan fingerprint density at radius 3 is 2.88 bits per heavy atom. The van der Waals surface area contributed by atoms with Crippen molar-refractivity contribution < 1.29 is 4.79 Å². The summed E-state index contributed by atoms with van der Waals surface area (Å²) in [6, 6.07) is 7.75. The van der Waals surface area contributed by atoms with Crippen LogP contribution in [-0.2, 0) is 11.3 Å². The highest BCUT2D eigenvalue weighted by Gasteiger charge is 2.15. The van der Waals surface area contributed by atoms with Crippen LogP contribution in [0.2, 0.25) is 5.02 Å². The maximum Gasteiger partial charge on any atom is 0.222 e. The first-order valence-electron chi connectivity index (χ1n) is 9.24. The third kappa shape index (κ3) is 6.94. The number of halogens is 1. The minimum atomic E-state index is 0.303. The molecule has 0 bridgehead atoms. The van der Waals surface area contributed by atoms with Gasteiger partial charge in [-0.3, -0.25) is 4.79 Å². The van der Waals surface area contributed by atoms with E-state index in [4.69, 9.17) is 11.6 Å². The van der Waals surface area contributed by atoms with Crippen molar-refractivity contribution in [2.45, 2.75) is 45.6 Å².